The number of rotatable bonds is 3. The molecule has 1 aliphatic heterocycles. The van der Waals surface area contributed by atoms with Crippen LogP contribution in [0, 0.1) is 9.39 Å². The van der Waals surface area contributed by atoms with Gasteiger partial charge in [-0.1, -0.05) is 17.7 Å². The van der Waals surface area contributed by atoms with E-state index in [2.05, 4.69) is 27.7 Å². The molecular formula is C23H18ClFIN3O2. The van der Waals surface area contributed by atoms with Gasteiger partial charge in [0.2, 0.25) is 0 Å². The highest BCUT2D eigenvalue weighted by Gasteiger charge is 2.23. The Hall–Kier alpha value is -2.23. The minimum Gasteiger partial charge on any atom is -0.398 e. The molecule has 3 aromatic carbocycles. The molecule has 2 N–H and O–H groups in total. The van der Waals surface area contributed by atoms with Crippen molar-refractivity contribution in [1.82, 2.24) is 9.78 Å². The van der Waals surface area contributed by atoms with E-state index in [1.807, 2.05) is 12.1 Å². The molecule has 8 heteroatoms. The standard InChI is InChI=1S/C23H18ClFIN3O2/c24-12-4-5-13-15(9-12)19(26)10-16(21(13)27)23(30)14-6-7-18(25)22-17(14)11-29(28-22)20-3-1-2-8-31-20/h4-7,9-11,20H,1-3,8,27H2. The molecule has 0 radical (unpaired) electrons. The van der Waals surface area contributed by atoms with Gasteiger partial charge in [0, 0.05) is 43.3 Å². The van der Waals surface area contributed by atoms with Gasteiger partial charge in [-0.05, 0) is 77.6 Å². The van der Waals surface area contributed by atoms with E-state index >= 15 is 0 Å². The third-order valence-electron chi connectivity index (χ3n) is 5.67. The quantitative estimate of drug-likeness (QED) is 0.191. The number of halogens is 3. The van der Waals surface area contributed by atoms with E-state index in [0.29, 0.717) is 33.8 Å². The second-order valence-corrected chi connectivity index (χ2v) is 9.22. The van der Waals surface area contributed by atoms with Crippen LogP contribution in [-0.2, 0) is 4.74 Å². The monoisotopic (exact) mass is 549 g/mol. The van der Waals surface area contributed by atoms with Gasteiger partial charge in [0.05, 0.1) is 5.69 Å². The van der Waals surface area contributed by atoms with Gasteiger partial charge in [0.1, 0.15) is 11.7 Å². The van der Waals surface area contributed by atoms with Crippen LogP contribution in [0.5, 0.6) is 0 Å². The summed E-state index contributed by atoms with van der Waals surface area (Å²) in [5.41, 5.74) is 7.64. The van der Waals surface area contributed by atoms with Crippen LogP contribution < -0.4 is 5.73 Å². The van der Waals surface area contributed by atoms with Gasteiger partial charge in [-0.15, -0.1) is 0 Å². The number of carbonyl (C=O) groups excluding carboxylic acids is 1. The Morgan fingerprint density at radius 1 is 1.16 bits per heavy atom. The van der Waals surface area contributed by atoms with Gasteiger partial charge in [0.25, 0.3) is 0 Å². The summed E-state index contributed by atoms with van der Waals surface area (Å²) in [6.07, 6.45) is 4.27. The predicted molar refractivity (Wildman–Crippen MR) is 128 cm³/mol. The first-order valence-electron chi connectivity index (χ1n) is 9.95. The second kappa shape index (κ2) is 8.03. The molecule has 0 saturated carbocycles. The van der Waals surface area contributed by atoms with Gasteiger partial charge < -0.3 is 10.5 Å². The highest BCUT2D eigenvalue weighted by atomic mass is 127. The molecule has 31 heavy (non-hydrogen) atoms. The maximum atomic E-state index is 14.5. The molecule has 2 heterocycles. The van der Waals surface area contributed by atoms with Gasteiger partial charge >= 0.3 is 0 Å². The van der Waals surface area contributed by atoms with Gasteiger partial charge in [-0.25, -0.2) is 9.07 Å². The van der Waals surface area contributed by atoms with E-state index in [4.69, 9.17) is 22.1 Å². The number of nitrogens with zero attached hydrogens (tertiary/aromatic N) is 2. The molecule has 1 atom stereocenters. The molecule has 1 saturated heterocycles. The van der Waals surface area contributed by atoms with Crippen LogP contribution in [0.3, 0.4) is 0 Å². The van der Waals surface area contributed by atoms with Crippen LogP contribution in [0.25, 0.3) is 21.7 Å². The Labute approximate surface area is 196 Å². The zero-order chi connectivity index (χ0) is 21.7. The van der Waals surface area contributed by atoms with Gasteiger partial charge in [0.15, 0.2) is 11.6 Å². The first kappa shape index (κ1) is 20.7. The average Bonchev–Trinajstić information content (AvgIpc) is 3.23. The molecule has 0 aliphatic carbocycles. The summed E-state index contributed by atoms with van der Waals surface area (Å²) in [6.45, 7) is 0.644. The third-order valence-corrected chi connectivity index (χ3v) is 6.80. The predicted octanol–water partition coefficient (Wildman–Crippen LogP) is 6.10. The summed E-state index contributed by atoms with van der Waals surface area (Å²) < 4.78 is 22.8. The number of aromatic nitrogens is 2. The molecule has 1 unspecified atom stereocenters. The number of carbonyl (C=O) groups is 1. The number of anilines is 1. The van der Waals surface area contributed by atoms with E-state index in [0.717, 1.165) is 33.6 Å². The van der Waals surface area contributed by atoms with Crippen LogP contribution in [0.4, 0.5) is 10.1 Å². The molecule has 4 aromatic rings. The lowest BCUT2D eigenvalue weighted by Gasteiger charge is -2.22. The number of hydrogen-bond acceptors (Lipinski definition) is 4. The lowest BCUT2D eigenvalue weighted by molar-refractivity contribution is -0.0391. The third kappa shape index (κ3) is 3.58. The topological polar surface area (TPSA) is 70.1 Å². The van der Waals surface area contributed by atoms with Crippen molar-refractivity contribution in [1.29, 1.82) is 0 Å². The number of ether oxygens (including phenoxy) is 1. The zero-order valence-electron chi connectivity index (χ0n) is 16.4. The van der Waals surface area contributed by atoms with E-state index in [9.17, 15) is 9.18 Å². The second-order valence-electron chi connectivity index (χ2n) is 7.63. The van der Waals surface area contributed by atoms with Crippen LogP contribution in [0.15, 0.2) is 42.6 Å². The Kier molecular flexibility index (Phi) is 5.35. The summed E-state index contributed by atoms with van der Waals surface area (Å²) in [5.74, 6) is -0.752. The van der Waals surface area contributed by atoms with E-state index in [1.54, 1.807) is 23.0 Å². The zero-order valence-corrected chi connectivity index (χ0v) is 19.3. The highest BCUT2D eigenvalue weighted by molar-refractivity contribution is 14.1. The van der Waals surface area contributed by atoms with Crippen LogP contribution >= 0.6 is 34.2 Å². The largest absolute Gasteiger partial charge is 0.398 e. The lowest BCUT2D eigenvalue weighted by atomic mass is 9.96. The van der Waals surface area contributed by atoms with Gasteiger partial charge in [-0.2, -0.15) is 5.10 Å². The molecule has 0 bridgehead atoms. The molecule has 1 aromatic heterocycles. The number of nitrogen functional groups attached to an aromatic ring is 1. The smallest absolute Gasteiger partial charge is 0.195 e. The number of fused-ring (bicyclic) bond motifs is 2. The molecule has 5 rings (SSSR count). The van der Waals surface area contributed by atoms with Crippen molar-refractivity contribution < 1.29 is 13.9 Å². The number of benzene rings is 3. The Bertz CT molecular complexity index is 1350. The molecule has 1 fully saturated rings. The summed E-state index contributed by atoms with van der Waals surface area (Å²) in [5, 5.41) is 7.07. The minimum atomic E-state index is -0.475. The van der Waals surface area contributed by atoms with Gasteiger partial charge in [-0.3, -0.25) is 4.79 Å². The first-order chi connectivity index (χ1) is 14.9. The Morgan fingerprint density at radius 3 is 2.77 bits per heavy atom. The molecule has 1 aliphatic rings. The Balaban J connectivity index is 1.65. The van der Waals surface area contributed by atoms with Crippen molar-refractivity contribution in [2.75, 3.05) is 12.3 Å². The van der Waals surface area contributed by atoms with E-state index < -0.39 is 5.82 Å². The fourth-order valence-corrected chi connectivity index (χ4v) is 5.01. The van der Waals surface area contributed by atoms with Crippen LogP contribution in [-0.4, -0.2) is 22.2 Å². The maximum absolute atomic E-state index is 14.5. The normalized spacial score (nSPS) is 16.8. The molecule has 0 spiro atoms. The molecular weight excluding hydrogens is 532 g/mol. The summed E-state index contributed by atoms with van der Waals surface area (Å²) in [6, 6.07) is 9.90. The van der Waals surface area contributed by atoms with Crippen molar-refractivity contribution in [2.24, 2.45) is 0 Å². The van der Waals surface area contributed by atoms with Crippen molar-refractivity contribution in [3.8, 4) is 0 Å². The summed E-state index contributed by atoms with van der Waals surface area (Å²) in [4.78, 5) is 13.5. The Morgan fingerprint density at radius 2 is 2.00 bits per heavy atom. The number of hydrogen-bond donors (Lipinski definition) is 1. The average molecular weight is 550 g/mol. The fourth-order valence-electron chi connectivity index (χ4n) is 4.08. The number of ketones is 1. The molecule has 158 valence electrons. The maximum Gasteiger partial charge on any atom is 0.195 e. The summed E-state index contributed by atoms with van der Waals surface area (Å²) in [7, 11) is 0. The van der Waals surface area contributed by atoms with E-state index in [-0.39, 0.29) is 17.5 Å². The first-order valence-corrected chi connectivity index (χ1v) is 11.4. The molecule has 0 amide bonds. The van der Waals surface area contributed by atoms with Crippen molar-refractivity contribution in [2.45, 2.75) is 25.5 Å². The van der Waals surface area contributed by atoms with E-state index in [1.165, 1.54) is 12.1 Å². The minimum absolute atomic E-state index is 0.154. The molecule has 5 nitrogen and oxygen atoms in total. The highest BCUT2D eigenvalue weighted by Crippen LogP contribution is 2.34. The lowest BCUT2D eigenvalue weighted by Crippen LogP contribution is -2.18. The van der Waals surface area contributed by atoms with Crippen LogP contribution in [0.2, 0.25) is 5.02 Å². The van der Waals surface area contributed by atoms with Crippen LogP contribution in [0.1, 0.15) is 41.4 Å². The number of nitrogens with two attached hydrogens (primary N) is 1. The van der Waals surface area contributed by atoms with Crippen molar-refractivity contribution >= 4 is 67.3 Å². The van der Waals surface area contributed by atoms with Crippen molar-refractivity contribution in [3.63, 3.8) is 0 Å². The van der Waals surface area contributed by atoms with Crippen molar-refractivity contribution in [3.05, 3.63) is 68.1 Å². The fraction of sp³-hybridized carbons (Fsp3) is 0.217. The SMILES string of the molecule is Nc1c(C(=O)c2ccc(F)c3nn(C4CCCCO4)cc23)cc(I)c2cc(Cl)ccc12. The summed E-state index contributed by atoms with van der Waals surface area (Å²) >= 11 is 8.29.